The second-order valence-electron chi connectivity index (χ2n) is 1.99. The number of para-hydroxylation sites is 1. The number of methoxy groups -OCH3 is 1. The predicted octanol–water partition coefficient (Wildman–Crippen LogP) is -2.94. The monoisotopic (exact) mass is 174 g/mol. The van der Waals surface area contributed by atoms with Crippen molar-refractivity contribution in [2.24, 2.45) is 0 Å². The van der Waals surface area contributed by atoms with Crippen LogP contribution in [0, 0.1) is 0 Å². The molecule has 0 aliphatic carbocycles. The third kappa shape index (κ3) is 2.52. The van der Waals surface area contributed by atoms with Crippen LogP contribution in [-0.4, -0.2) is 13.1 Å². The molecule has 0 saturated heterocycles. The molecule has 0 aliphatic rings. The standard InChI is InChI=1S/C8H8O3.Na/c1-11-7-5-3-2-4-6(7)8(9)10;/h2-5H,1H3,(H,9,10);/q;+1/p-1. The van der Waals surface area contributed by atoms with E-state index >= 15 is 0 Å². The van der Waals surface area contributed by atoms with Crippen molar-refractivity contribution in [3.8, 4) is 5.75 Å². The number of carbonyl (C=O) groups excluding carboxylic acids is 1. The molecule has 0 N–H and O–H groups in total. The summed E-state index contributed by atoms with van der Waals surface area (Å²) in [6.07, 6.45) is 0. The molecule has 0 bridgehead atoms. The number of ether oxygens (including phenoxy) is 1. The first-order chi connectivity index (χ1) is 5.25. The molecule has 0 heterocycles. The summed E-state index contributed by atoms with van der Waals surface area (Å²) in [5.41, 5.74) is 0.0787. The van der Waals surface area contributed by atoms with Crippen LogP contribution in [0.1, 0.15) is 10.4 Å². The topological polar surface area (TPSA) is 49.4 Å². The molecular formula is C8H7NaO3. The summed E-state index contributed by atoms with van der Waals surface area (Å²) in [6, 6.07) is 6.33. The van der Waals surface area contributed by atoms with Crippen LogP contribution in [0.2, 0.25) is 0 Å². The summed E-state index contributed by atoms with van der Waals surface area (Å²) in [5.74, 6) is -0.894. The Balaban J connectivity index is 0.00000121. The van der Waals surface area contributed by atoms with E-state index in [1.807, 2.05) is 0 Å². The van der Waals surface area contributed by atoms with Gasteiger partial charge in [0.1, 0.15) is 5.75 Å². The van der Waals surface area contributed by atoms with Gasteiger partial charge in [0, 0.05) is 5.56 Å². The molecule has 1 rings (SSSR count). The van der Waals surface area contributed by atoms with Gasteiger partial charge in [0.2, 0.25) is 0 Å². The molecule has 0 unspecified atom stereocenters. The smallest absolute Gasteiger partial charge is 0.545 e. The molecular weight excluding hydrogens is 167 g/mol. The van der Waals surface area contributed by atoms with Crippen molar-refractivity contribution in [1.82, 2.24) is 0 Å². The van der Waals surface area contributed by atoms with E-state index in [1.54, 1.807) is 18.2 Å². The molecule has 0 amide bonds. The Kier molecular flexibility index (Phi) is 4.97. The van der Waals surface area contributed by atoms with Gasteiger partial charge >= 0.3 is 29.6 Å². The van der Waals surface area contributed by atoms with Crippen LogP contribution >= 0.6 is 0 Å². The SMILES string of the molecule is COc1ccccc1C(=O)[O-].[Na+]. The Morgan fingerprint density at radius 1 is 1.42 bits per heavy atom. The van der Waals surface area contributed by atoms with Crippen LogP contribution in [0.5, 0.6) is 5.75 Å². The normalized spacial score (nSPS) is 8.42. The number of hydrogen-bond acceptors (Lipinski definition) is 3. The maximum atomic E-state index is 10.4. The first-order valence-electron chi connectivity index (χ1n) is 3.10. The van der Waals surface area contributed by atoms with E-state index < -0.39 is 5.97 Å². The van der Waals surface area contributed by atoms with Gasteiger partial charge in [-0.25, -0.2) is 0 Å². The van der Waals surface area contributed by atoms with E-state index in [-0.39, 0.29) is 35.1 Å². The number of aromatic carboxylic acids is 1. The Labute approximate surface area is 92.6 Å². The molecule has 12 heavy (non-hydrogen) atoms. The van der Waals surface area contributed by atoms with Crippen molar-refractivity contribution in [3.63, 3.8) is 0 Å². The average Bonchev–Trinajstić information content (AvgIpc) is 2.04. The fourth-order valence-electron chi connectivity index (χ4n) is 0.813. The minimum atomic E-state index is -1.22. The van der Waals surface area contributed by atoms with Gasteiger partial charge in [-0.05, 0) is 12.1 Å². The van der Waals surface area contributed by atoms with Gasteiger partial charge in [0.05, 0.1) is 13.1 Å². The van der Waals surface area contributed by atoms with Crippen molar-refractivity contribution in [2.45, 2.75) is 0 Å². The average molecular weight is 174 g/mol. The quantitative estimate of drug-likeness (QED) is 0.451. The molecule has 0 aromatic heterocycles. The second kappa shape index (κ2) is 5.19. The van der Waals surface area contributed by atoms with Gasteiger partial charge in [-0.15, -0.1) is 0 Å². The van der Waals surface area contributed by atoms with E-state index in [0.29, 0.717) is 5.75 Å². The largest absolute Gasteiger partial charge is 1.00 e. The molecule has 58 valence electrons. The summed E-state index contributed by atoms with van der Waals surface area (Å²) < 4.78 is 4.79. The second-order valence-corrected chi connectivity index (χ2v) is 1.99. The third-order valence-electron chi connectivity index (χ3n) is 1.33. The van der Waals surface area contributed by atoms with E-state index in [4.69, 9.17) is 4.74 Å². The Bertz CT molecular complexity index is 273. The van der Waals surface area contributed by atoms with Gasteiger partial charge in [-0.1, -0.05) is 12.1 Å². The molecule has 0 radical (unpaired) electrons. The Morgan fingerprint density at radius 2 is 2.00 bits per heavy atom. The summed E-state index contributed by atoms with van der Waals surface area (Å²) in [4.78, 5) is 10.4. The zero-order valence-corrected chi connectivity index (χ0v) is 9.03. The van der Waals surface area contributed by atoms with Gasteiger partial charge < -0.3 is 14.6 Å². The number of carboxylic acids is 1. The summed E-state index contributed by atoms with van der Waals surface area (Å²) in [5, 5.41) is 10.4. The van der Waals surface area contributed by atoms with E-state index in [0.717, 1.165) is 0 Å². The van der Waals surface area contributed by atoms with Crippen LogP contribution in [0.3, 0.4) is 0 Å². The third-order valence-corrected chi connectivity index (χ3v) is 1.33. The van der Waals surface area contributed by atoms with Crippen LogP contribution < -0.4 is 39.4 Å². The molecule has 3 nitrogen and oxygen atoms in total. The number of carboxylic acid groups (broad SMARTS) is 1. The molecule has 4 heteroatoms. The van der Waals surface area contributed by atoms with Crippen LogP contribution in [-0.2, 0) is 0 Å². The number of benzene rings is 1. The number of rotatable bonds is 2. The Hall–Kier alpha value is -0.510. The summed E-state index contributed by atoms with van der Waals surface area (Å²) >= 11 is 0. The van der Waals surface area contributed by atoms with Crippen molar-refractivity contribution < 1.29 is 44.2 Å². The Morgan fingerprint density at radius 3 is 2.42 bits per heavy atom. The summed E-state index contributed by atoms with van der Waals surface area (Å²) in [6.45, 7) is 0. The van der Waals surface area contributed by atoms with Crippen molar-refractivity contribution in [1.29, 1.82) is 0 Å². The number of carbonyl (C=O) groups is 1. The zero-order valence-electron chi connectivity index (χ0n) is 7.03. The first-order valence-corrected chi connectivity index (χ1v) is 3.10. The fraction of sp³-hybridized carbons (Fsp3) is 0.125. The minimum Gasteiger partial charge on any atom is -0.545 e. The van der Waals surface area contributed by atoms with E-state index in [9.17, 15) is 9.90 Å². The van der Waals surface area contributed by atoms with Gasteiger partial charge in [-0.2, -0.15) is 0 Å². The fourth-order valence-corrected chi connectivity index (χ4v) is 0.813. The van der Waals surface area contributed by atoms with E-state index in [1.165, 1.54) is 13.2 Å². The van der Waals surface area contributed by atoms with Crippen LogP contribution in [0.4, 0.5) is 0 Å². The molecule has 0 fully saturated rings. The first kappa shape index (κ1) is 11.5. The molecule has 1 aromatic carbocycles. The number of hydrogen-bond donors (Lipinski definition) is 0. The van der Waals surface area contributed by atoms with Crippen molar-refractivity contribution in [2.75, 3.05) is 7.11 Å². The maximum Gasteiger partial charge on any atom is 1.00 e. The molecule has 0 aliphatic heterocycles. The molecule has 1 aromatic rings. The minimum absolute atomic E-state index is 0. The molecule has 0 spiro atoms. The van der Waals surface area contributed by atoms with Crippen molar-refractivity contribution >= 4 is 5.97 Å². The van der Waals surface area contributed by atoms with Gasteiger partial charge in [0.25, 0.3) is 0 Å². The zero-order chi connectivity index (χ0) is 8.27. The van der Waals surface area contributed by atoms with Crippen molar-refractivity contribution in [3.05, 3.63) is 29.8 Å². The van der Waals surface area contributed by atoms with Gasteiger partial charge in [0.15, 0.2) is 0 Å². The molecule has 0 atom stereocenters. The predicted molar refractivity (Wildman–Crippen MR) is 37.3 cm³/mol. The summed E-state index contributed by atoms with van der Waals surface area (Å²) in [7, 11) is 1.42. The maximum absolute atomic E-state index is 10.4. The van der Waals surface area contributed by atoms with Crippen LogP contribution in [0.15, 0.2) is 24.3 Å². The molecule has 0 saturated carbocycles. The van der Waals surface area contributed by atoms with E-state index in [2.05, 4.69) is 0 Å². The van der Waals surface area contributed by atoms with Crippen LogP contribution in [0.25, 0.3) is 0 Å². The van der Waals surface area contributed by atoms with Gasteiger partial charge in [-0.3, -0.25) is 0 Å².